The van der Waals surface area contributed by atoms with Crippen molar-refractivity contribution in [3.05, 3.63) is 70.3 Å². The summed E-state index contributed by atoms with van der Waals surface area (Å²) in [5.74, 6) is -2.05. The van der Waals surface area contributed by atoms with Gasteiger partial charge in [0.25, 0.3) is 5.91 Å². The largest absolute Gasteiger partial charge is 0.481 e. The van der Waals surface area contributed by atoms with Gasteiger partial charge in [0.1, 0.15) is 0 Å². The van der Waals surface area contributed by atoms with Crippen LogP contribution in [0, 0.1) is 18.8 Å². The Bertz CT molecular complexity index is 1110. The van der Waals surface area contributed by atoms with Crippen molar-refractivity contribution in [2.45, 2.75) is 51.6 Å². The molecular weight excluding hydrogens is 416 g/mol. The van der Waals surface area contributed by atoms with Crippen LogP contribution in [0.25, 0.3) is 0 Å². The molecule has 6 heteroatoms. The summed E-state index contributed by atoms with van der Waals surface area (Å²) in [6, 6.07) is 13.6. The minimum Gasteiger partial charge on any atom is -0.481 e. The Balaban J connectivity index is 1.48. The number of hydrogen-bond donors (Lipinski definition) is 1. The zero-order valence-corrected chi connectivity index (χ0v) is 19.0. The molecule has 0 unspecified atom stereocenters. The molecule has 2 aliphatic heterocycles. The molecule has 0 bridgehead atoms. The first kappa shape index (κ1) is 21.7. The molecule has 172 valence electrons. The van der Waals surface area contributed by atoms with Crippen LogP contribution in [0.3, 0.4) is 0 Å². The van der Waals surface area contributed by atoms with Gasteiger partial charge in [-0.05, 0) is 54.5 Å². The summed E-state index contributed by atoms with van der Waals surface area (Å²) in [6.45, 7) is 3.60. The third kappa shape index (κ3) is 3.81. The zero-order chi connectivity index (χ0) is 23.1. The first-order valence-corrected chi connectivity index (χ1v) is 11.9. The smallest absolute Gasteiger partial charge is 0.307 e. The Hall–Kier alpha value is -3.15. The van der Waals surface area contributed by atoms with Gasteiger partial charge >= 0.3 is 5.97 Å². The van der Waals surface area contributed by atoms with E-state index in [0.29, 0.717) is 32.5 Å². The number of carbonyl (C=O) groups is 3. The summed E-state index contributed by atoms with van der Waals surface area (Å²) >= 11 is 0. The van der Waals surface area contributed by atoms with E-state index < -0.39 is 17.8 Å². The molecule has 2 aromatic rings. The first-order valence-electron chi connectivity index (χ1n) is 11.9. The van der Waals surface area contributed by atoms with E-state index in [-0.39, 0.29) is 17.9 Å². The van der Waals surface area contributed by atoms with Crippen molar-refractivity contribution < 1.29 is 19.5 Å². The molecule has 2 amide bonds. The Morgan fingerprint density at radius 2 is 1.79 bits per heavy atom. The van der Waals surface area contributed by atoms with Crippen molar-refractivity contribution in [1.29, 1.82) is 0 Å². The zero-order valence-electron chi connectivity index (χ0n) is 19.0. The monoisotopic (exact) mass is 446 g/mol. The van der Waals surface area contributed by atoms with Gasteiger partial charge in [0.05, 0.1) is 17.9 Å². The number of carbonyl (C=O) groups excluding carboxylic acids is 2. The topological polar surface area (TPSA) is 77.9 Å². The Morgan fingerprint density at radius 1 is 1.03 bits per heavy atom. The second kappa shape index (κ2) is 8.65. The second-order valence-corrected chi connectivity index (χ2v) is 9.62. The maximum absolute atomic E-state index is 13.8. The summed E-state index contributed by atoms with van der Waals surface area (Å²) in [5.41, 5.74) is 5.27. The lowest BCUT2D eigenvalue weighted by Gasteiger charge is -2.42. The number of hydrogen-bond acceptors (Lipinski definition) is 3. The third-order valence-electron chi connectivity index (χ3n) is 7.76. The maximum Gasteiger partial charge on any atom is 0.307 e. The molecular formula is C27H30N2O4. The number of aryl methyl sites for hydroxylation is 1. The molecule has 0 aromatic heterocycles. The van der Waals surface area contributed by atoms with Gasteiger partial charge in [-0.3, -0.25) is 14.4 Å². The molecule has 0 saturated heterocycles. The van der Waals surface area contributed by atoms with Gasteiger partial charge < -0.3 is 14.9 Å². The van der Waals surface area contributed by atoms with E-state index in [0.717, 1.165) is 36.0 Å². The third-order valence-corrected chi connectivity index (χ3v) is 7.76. The SMILES string of the molecule is Cc1cccc2c1CCN(C(=O)[C@@H]1CCCC[C@@H]1C(=O)O)[C@@H]2CN1Cc2ccccc2C1=O. The molecule has 1 aliphatic carbocycles. The first-order chi connectivity index (χ1) is 16.0. The predicted octanol–water partition coefficient (Wildman–Crippen LogP) is 3.97. The fraction of sp³-hybridized carbons (Fsp3) is 0.444. The molecule has 1 fully saturated rings. The van der Waals surface area contributed by atoms with Gasteiger partial charge in [0.2, 0.25) is 5.91 Å². The van der Waals surface area contributed by atoms with Crippen molar-refractivity contribution in [2.75, 3.05) is 13.1 Å². The van der Waals surface area contributed by atoms with Crippen molar-refractivity contribution >= 4 is 17.8 Å². The quantitative estimate of drug-likeness (QED) is 0.771. The number of fused-ring (bicyclic) bond motifs is 2. The van der Waals surface area contributed by atoms with Gasteiger partial charge in [0, 0.05) is 25.2 Å². The molecule has 1 N–H and O–H groups in total. The van der Waals surface area contributed by atoms with Gasteiger partial charge in [-0.15, -0.1) is 0 Å². The van der Waals surface area contributed by atoms with Gasteiger partial charge in [0.15, 0.2) is 0 Å². The van der Waals surface area contributed by atoms with Crippen LogP contribution in [-0.2, 0) is 22.6 Å². The van der Waals surface area contributed by atoms with E-state index in [2.05, 4.69) is 19.1 Å². The van der Waals surface area contributed by atoms with E-state index in [9.17, 15) is 19.5 Å². The van der Waals surface area contributed by atoms with Crippen LogP contribution in [0.15, 0.2) is 42.5 Å². The summed E-state index contributed by atoms with van der Waals surface area (Å²) < 4.78 is 0. The lowest BCUT2D eigenvalue weighted by Crippen LogP contribution is -2.49. The minimum atomic E-state index is -0.872. The fourth-order valence-corrected chi connectivity index (χ4v) is 6.00. The molecule has 3 aliphatic rings. The highest BCUT2D eigenvalue weighted by molar-refractivity contribution is 5.98. The number of rotatable bonds is 4. The van der Waals surface area contributed by atoms with Crippen LogP contribution in [0.4, 0.5) is 0 Å². The number of aliphatic carboxylic acids is 1. The molecule has 6 nitrogen and oxygen atoms in total. The number of nitrogens with zero attached hydrogens (tertiary/aromatic N) is 2. The van der Waals surface area contributed by atoms with Gasteiger partial charge in [-0.2, -0.15) is 0 Å². The van der Waals surface area contributed by atoms with Crippen LogP contribution in [0.2, 0.25) is 0 Å². The normalized spacial score (nSPS) is 24.4. The predicted molar refractivity (Wildman–Crippen MR) is 124 cm³/mol. The standard InChI is InChI=1S/C27H30N2O4/c1-17-7-6-12-21-19(17)13-14-29(26(31)22-10-4-5-11-23(22)27(32)33)24(21)16-28-15-18-8-2-3-9-20(18)25(28)30/h2-3,6-9,12,22-24H,4-5,10-11,13-16H2,1H3,(H,32,33)/t22-,23+,24-/m1/s1. The van der Waals surface area contributed by atoms with E-state index >= 15 is 0 Å². The average Bonchev–Trinajstić information content (AvgIpc) is 3.14. The lowest BCUT2D eigenvalue weighted by atomic mass is 9.77. The van der Waals surface area contributed by atoms with E-state index in [4.69, 9.17) is 0 Å². The van der Waals surface area contributed by atoms with Crippen molar-refractivity contribution in [1.82, 2.24) is 9.80 Å². The van der Waals surface area contributed by atoms with Crippen LogP contribution in [0.5, 0.6) is 0 Å². The van der Waals surface area contributed by atoms with Crippen molar-refractivity contribution in [3.63, 3.8) is 0 Å². The maximum atomic E-state index is 13.8. The number of carboxylic acid groups (broad SMARTS) is 1. The fourth-order valence-electron chi connectivity index (χ4n) is 6.00. The molecule has 2 heterocycles. The highest BCUT2D eigenvalue weighted by atomic mass is 16.4. The van der Waals surface area contributed by atoms with E-state index in [1.54, 1.807) is 0 Å². The second-order valence-electron chi connectivity index (χ2n) is 9.62. The van der Waals surface area contributed by atoms with E-state index in [1.807, 2.05) is 40.1 Å². The molecule has 0 spiro atoms. The summed E-state index contributed by atoms with van der Waals surface area (Å²) in [4.78, 5) is 42.5. The number of benzene rings is 2. The van der Waals surface area contributed by atoms with Crippen molar-refractivity contribution in [3.8, 4) is 0 Å². The van der Waals surface area contributed by atoms with Gasteiger partial charge in [-0.1, -0.05) is 49.2 Å². The average molecular weight is 447 g/mol. The lowest BCUT2D eigenvalue weighted by molar-refractivity contribution is -0.153. The Labute approximate surface area is 194 Å². The molecule has 1 saturated carbocycles. The molecule has 5 rings (SSSR count). The molecule has 2 aromatic carbocycles. The highest BCUT2D eigenvalue weighted by Crippen LogP contribution is 2.38. The summed E-state index contributed by atoms with van der Waals surface area (Å²) in [6.07, 6.45) is 3.66. The number of amides is 2. The highest BCUT2D eigenvalue weighted by Gasteiger charge is 2.42. The van der Waals surface area contributed by atoms with Gasteiger partial charge in [-0.25, -0.2) is 0 Å². The van der Waals surface area contributed by atoms with Crippen LogP contribution in [-0.4, -0.2) is 45.8 Å². The summed E-state index contributed by atoms with van der Waals surface area (Å²) in [5, 5.41) is 9.76. The van der Waals surface area contributed by atoms with Crippen LogP contribution in [0.1, 0.15) is 64.3 Å². The number of carboxylic acids is 1. The van der Waals surface area contributed by atoms with E-state index in [1.165, 1.54) is 11.1 Å². The minimum absolute atomic E-state index is 0.00106. The van der Waals surface area contributed by atoms with Crippen LogP contribution >= 0.6 is 0 Å². The van der Waals surface area contributed by atoms with Crippen LogP contribution < -0.4 is 0 Å². The Kier molecular flexibility index (Phi) is 5.69. The molecule has 33 heavy (non-hydrogen) atoms. The van der Waals surface area contributed by atoms with Crippen molar-refractivity contribution in [2.24, 2.45) is 11.8 Å². The summed E-state index contributed by atoms with van der Waals surface area (Å²) in [7, 11) is 0. The molecule has 0 radical (unpaired) electrons. The molecule has 3 atom stereocenters. The Morgan fingerprint density at radius 3 is 2.55 bits per heavy atom.